The Labute approximate surface area is 126 Å². The number of hydrogen-bond donors (Lipinski definition) is 2. The number of benzene rings is 1. The van der Waals surface area contributed by atoms with Gasteiger partial charge in [-0.25, -0.2) is 0 Å². The van der Waals surface area contributed by atoms with Crippen LogP contribution < -0.4 is 10.6 Å². The standard InChI is InChI=1S/C17H25N3O/c1-17(2,3)12-8-9-20(11-12)16(21)15-10-18-13-6-4-5-7-14(13)19-15/h4-7,12,15,18-19H,8-11H2,1-3H3. The average molecular weight is 287 g/mol. The first-order valence-electron chi connectivity index (χ1n) is 7.83. The van der Waals surface area contributed by atoms with Crippen molar-refractivity contribution in [2.24, 2.45) is 11.3 Å². The summed E-state index contributed by atoms with van der Waals surface area (Å²) in [6.45, 7) is 9.24. The van der Waals surface area contributed by atoms with Crippen molar-refractivity contribution < 1.29 is 4.79 Å². The van der Waals surface area contributed by atoms with Crippen LogP contribution >= 0.6 is 0 Å². The molecule has 2 heterocycles. The maximum atomic E-state index is 12.7. The molecule has 0 aromatic heterocycles. The van der Waals surface area contributed by atoms with Crippen LogP contribution in [0.4, 0.5) is 11.4 Å². The third kappa shape index (κ3) is 2.85. The van der Waals surface area contributed by atoms with Gasteiger partial charge in [0.15, 0.2) is 0 Å². The summed E-state index contributed by atoms with van der Waals surface area (Å²) in [5.74, 6) is 0.828. The van der Waals surface area contributed by atoms with Gasteiger partial charge in [0.25, 0.3) is 0 Å². The number of fused-ring (bicyclic) bond motifs is 1. The lowest BCUT2D eigenvalue weighted by Gasteiger charge is -2.31. The van der Waals surface area contributed by atoms with E-state index in [0.717, 1.165) is 30.9 Å². The number of amides is 1. The molecule has 2 N–H and O–H groups in total. The van der Waals surface area contributed by atoms with Gasteiger partial charge >= 0.3 is 0 Å². The van der Waals surface area contributed by atoms with Gasteiger partial charge in [-0.1, -0.05) is 32.9 Å². The molecule has 21 heavy (non-hydrogen) atoms. The van der Waals surface area contributed by atoms with E-state index >= 15 is 0 Å². The SMILES string of the molecule is CC(C)(C)C1CCN(C(=O)C2CNc3ccccc3N2)C1. The predicted molar refractivity (Wildman–Crippen MR) is 86.5 cm³/mol. The fraction of sp³-hybridized carbons (Fsp3) is 0.588. The summed E-state index contributed by atoms with van der Waals surface area (Å²) in [5, 5.41) is 6.72. The number of hydrogen-bond acceptors (Lipinski definition) is 3. The molecule has 0 spiro atoms. The first kappa shape index (κ1) is 14.2. The molecule has 2 unspecified atom stereocenters. The van der Waals surface area contributed by atoms with Gasteiger partial charge in [0, 0.05) is 19.6 Å². The molecule has 1 saturated heterocycles. The Morgan fingerprint density at radius 1 is 1.24 bits per heavy atom. The molecule has 1 aromatic carbocycles. The van der Waals surface area contributed by atoms with E-state index < -0.39 is 0 Å². The number of likely N-dealkylation sites (tertiary alicyclic amines) is 1. The molecule has 1 fully saturated rings. The number of nitrogens with one attached hydrogen (secondary N) is 2. The molecule has 0 radical (unpaired) electrons. The molecule has 2 atom stereocenters. The van der Waals surface area contributed by atoms with Gasteiger partial charge in [-0.15, -0.1) is 0 Å². The van der Waals surface area contributed by atoms with E-state index in [9.17, 15) is 4.79 Å². The minimum absolute atomic E-state index is 0.154. The average Bonchev–Trinajstić information content (AvgIpc) is 2.96. The van der Waals surface area contributed by atoms with E-state index in [0.29, 0.717) is 12.5 Å². The van der Waals surface area contributed by atoms with Crippen molar-refractivity contribution in [2.45, 2.75) is 33.2 Å². The number of nitrogens with zero attached hydrogens (tertiary/aromatic N) is 1. The molecule has 2 aliphatic rings. The van der Waals surface area contributed by atoms with Crippen molar-refractivity contribution in [2.75, 3.05) is 30.3 Å². The predicted octanol–water partition coefficient (Wildman–Crippen LogP) is 2.79. The van der Waals surface area contributed by atoms with Gasteiger partial charge in [0.05, 0.1) is 11.4 Å². The molecule has 0 bridgehead atoms. The lowest BCUT2D eigenvalue weighted by Crippen LogP contribution is -2.47. The minimum atomic E-state index is -0.154. The summed E-state index contributed by atoms with van der Waals surface area (Å²) in [4.78, 5) is 14.7. The fourth-order valence-electron chi connectivity index (χ4n) is 3.25. The van der Waals surface area contributed by atoms with Crippen LogP contribution in [-0.4, -0.2) is 36.5 Å². The molecule has 2 aliphatic heterocycles. The molecule has 1 aromatic rings. The van der Waals surface area contributed by atoms with Crippen LogP contribution in [0.15, 0.2) is 24.3 Å². The summed E-state index contributed by atoms with van der Waals surface area (Å²) in [6.07, 6.45) is 1.12. The van der Waals surface area contributed by atoms with E-state index in [1.54, 1.807) is 0 Å². The molecular weight excluding hydrogens is 262 g/mol. The Morgan fingerprint density at radius 3 is 2.62 bits per heavy atom. The minimum Gasteiger partial charge on any atom is -0.381 e. The van der Waals surface area contributed by atoms with Gasteiger partial charge in [-0.05, 0) is 29.9 Å². The second kappa shape index (κ2) is 5.24. The van der Waals surface area contributed by atoms with Crippen molar-refractivity contribution >= 4 is 17.3 Å². The third-order valence-electron chi connectivity index (χ3n) is 4.78. The Morgan fingerprint density at radius 2 is 1.95 bits per heavy atom. The Bertz CT molecular complexity index is 535. The largest absolute Gasteiger partial charge is 0.381 e. The van der Waals surface area contributed by atoms with Crippen LogP contribution in [0.25, 0.3) is 0 Å². The first-order chi connectivity index (χ1) is 9.95. The Kier molecular flexibility index (Phi) is 3.56. The molecular formula is C17H25N3O. The zero-order chi connectivity index (χ0) is 15.0. The summed E-state index contributed by atoms with van der Waals surface area (Å²) in [7, 11) is 0. The molecule has 114 valence electrons. The zero-order valence-electron chi connectivity index (χ0n) is 13.1. The maximum absolute atomic E-state index is 12.7. The highest BCUT2D eigenvalue weighted by Crippen LogP contribution is 2.34. The number of para-hydroxylation sites is 2. The van der Waals surface area contributed by atoms with E-state index in [4.69, 9.17) is 0 Å². The smallest absolute Gasteiger partial charge is 0.246 e. The van der Waals surface area contributed by atoms with Gasteiger partial charge in [0.1, 0.15) is 6.04 Å². The van der Waals surface area contributed by atoms with Gasteiger partial charge in [-0.3, -0.25) is 4.79 Å². The van der Waals surface area contributed by atoms with E-state index in [1.807, 2.05) is 29.2 Å². The molecule has 3 rings (SSSR count). The van der Waals surface area contributed by atoms with E-state index in [-0.39, 0.29) is 17.4 Å². The second-order valence-electron chi connectivity index (χ2n) is 7.26. The van der Waals surface area contributed by atoms with Crippen molar-refractivity contribution in [1.29, 1.82) is 0 Å². The summed E-state index contributed by atoms with van der Waals surface area (Å²) >= 11 is 0. The first-order valence-corrected chi connectivity index (χ1v) is 7.83. The summed E-state index contributed by atoms with van der Waals surface area (Å²) in [5.41, 5.74) is 2.38. The van der Waals surface area contributed by atoms with E-state index in [2.05, 4.69) is 31.4 Å². The Hall–Kier alpha value is -1.71. The number of anilines is 2. The van der Waals surface area contributed by atoms with Crippen molar-refractivity contribution in [3.05, 3.63) is 24.3 Å². The summed E-state index contributed by atoms with van der Waals surface area (Å²) < 4.78 is 0. The maximum Gasteiger partial charge on any atom is 0.246 e. The lowest BCUT2D eigenvalue weighted by atomic mass is 9.80. The van der Waals surface area contributed by atoms with Crippen LogP contribution in [-0.2, 0) is 4.79 Å². The Balaban J connectivity index is 1.65. The van der Waals surface area contributed by atoms with Gasteiger partial charge in [-0.2, -0.15) is 0 Å². The van der Waals surface area contributed by atoms with Gasteiger partial charge in [0.2, 0.25) is 5.91 Å². The highest BCUT2D eigenvalue weighted by atomic mass is 16.2. The highest BCUT2D eigenvalue weighted by molar-refractivity contribution is 5.88. The number of rotatable bonds is 1. The topological polar surface area (TPSA) is 44.4 Å². The van der Waals surface area contributed by atoms with Crippen LogP contribution in [0.3, 0.4) is 0 Å². The van der Waals surface area contributed by atoms with Crippen molar-refractivity contribution in [1.82, 2.24) is 4.90 Å². The van der Waals surface area contributed by atoms with E-state index in [1.165, 1.54) is 0 Å². The van der Waals surface area contributed by atoms with Crippen LogP contribution in [0.1, 0.15) is 27.2 Å². The molecule has 0 saturated carbocycles. The monoisotopic (exact) mass is 287 g/mol. The molecule has 4 heteroatoms. The second-order valence-corrected chi connectivity index (χ2v) is 7.26. The summed E-state index contributed by atoms with van der Waals surface area (Å²) in [6, 6.07) is 7.90. The number of carbonyl (C=O) groups excluding carboxylic acids is 1. The normalized spacial score (nSPS) is 25.0. The molecule has 1 amide bonds. The highest BCUT2D eigenvalue weighted by Gasteiger charge is 2.36. The molecule has 0 aliphatic carbocycles. The van der Waals surface area contributed by atoms with Crippen molar-refractivity contribution in [3.63, 3.8) is 0 Å². The van der Waals surface area contributed by atoms with Crippen LogP contribution in [0, 0.1) is 11.3 Å². The third-order valence-corrected chi connectivity index (χ3v) is 4.78. The fourth-order valence-corrected chi connectivity index (χ4v) is 3.25. The van der Waals surface area contributed by atoms with Gasteiger partial charge < -0.3 is 15.5 Å². The molecule has 4 nitrogen and oxygen atoms in total. The van der Waals surface area contributed by atoms with Crippen molar-refractivity contribution in [3.8, 4) is 0 Å². The quantitative estimate of drug-likeness (QED) is 0.835. The number of carbonyl (C=O) groups is 1. The van der Waals surface area contributed by atoms with Crippen LogP contribution in [0.5, 0.6) is 0 Å². The lowest BCUT2D eigenvalue weighted by molar-refractivity contribution is -0.131. The van der Waals surface area contributed by atoms with Crippen LogP contribution in [0.2, 0.25) is 0 Å². The zero-order valence-corrected chi connectivity index (χ0v) is 13.1.